The van der Waals surface area contributed by atoms with Crippen molar-refractivity contribution in [3.05, 3.63) is 48.2 Å². The summed E-state index contributed by atoms with van der Waals surface area (Å²) in [5.74, 6) is 0.556. The zero-order chi connectivity index (χ0) is 18.4. The van der Waals surface area contributed by atoms with Gasteiger partial charge in [0.05, 0.1) is 5.69 Å². The lowest BCUT2D eigenvalue weighted by Gasteiger charge is -2.40. The van der Waals surface area contributed by atoms with E-state index < -0.39 is 0 Å². The Kier molecular flexibility index (Phi) is 3.79. The van der Waals surface area contributed by atoms with Gasteiger partial charge >= 0.3 is 6.03 Å². The summed E-state index contributed by atoms with van der Waals surface area (Å²) in [6, 6.07) is 11.4. The van der Waals surface area contributed by atoms with E-state index in [4.69, 9.17) is 0 Å². The smallest absolute Gasteiger partial charge is 0.307 e. The Balaban J connectivity index is 1.66. The van der Waals surface area contributed by atoms with E-state index in [9.17, 15) is 9.59 Å². The van der Waals surface area contributed by atoms with Crippen molar-refractivity contribution in [2.75, 3.05) is 35.4 Å². The van der Waals surface area contributed by atoms with Crippen LogP contribution in [0.4, 0.5) is 22.0 Å². The first-order valence-corrected chi connectivity index (χ1v) is 8.63. The Morgan fingerprint density at radius 3 is 2.65 bits per heavy atom. The maximum Gasteiger partial charge on any atom is 0.343 e. The first-order valence-electron chi connectivity index (χ1n) is 8.63. The van der Waals surface area contributed by atoms with Crippen LogP contribution in [0.3, 0.4) is 0 Å². The second-order valence-corrected chi connectivity index (χ2v) is 6.71. The molecule has 0 radical (unpaired) electrons. The van der Waals surface area contributed by atoms with E-state index in [1.165, 1.54) is 9.91 Å². The van der Waals surface area contributed by atoms with Gasteiger partial charge in [-0.15, -0.1) is 0 Å². The average molecular weight is 351 g/mol. The summed E-state index contributed by atoms with van der Waals surface area (Å²) in [6.07, 6.45) is 2.51. The number of rotatable bonds is 2. The van der Waals surface area contributed by atoms with Gasteiger partial charge in [0.15, 0.2) is 5.82 Å². The molecule has 0 spiro atoms. The van der Waals surface area contributed by atoms with Gasteiger partial charge in [-0.25, -0.2) is 14.8 Å². The van der Waals surface area contributed by atoms with Crippen LogP contribution < -0.4 is 14.8 Å². The summed E-state index contributed by atoms with van der Waals surface area (Å²) in [7, 11) is 3.45. The molecule has 2 aliphatic heterocycles. The highest BCUT2D eigenvalue weighted by Crippen LogP contribution is 2.34. The van der Waals surface area contributed by atoms with Crippen LogP contribution >= 0.6 is 0 Å². The van der Waals surface area contributed by atoms with Crippen LogP contribution in [-0.4, -0.2) is 48.6 Å². The molecular weight excluding hydrogens is 330 g/mol. The van der Waals surface area contributed by atoms with Crippen molar-refractivity contribution < 1.29 is 9.59 Å². The van der Waals surface area contributed by atoms with E-state index in [0.717, 1.165) is 17.7 Å². The van der Waals surface area contributed by atoms with E-state index in [2.05, 4.69) is 4.98 Å². The fourth-order valence-corrected chi connectivity index (χ4v) is 3.71. The molecule has 0 bridgehead atoms. The van der Waals surface area contributed by atoms with Crippen molar-refractivity contribution in [1.82, 2.24) is 9.99 Å². The summed E-state index contributed by atoms with van der Waals surface area (Å²) >= 11 is 0. The molecule has 0 N–H and O–H groups in total. The minimum Gasteiger partial charge on any atom is -0.307 e. The van der Waals surface area contributed by atoms with Crippen molar-refractivity contribution in [1.29, 1.82) is 0 Å². The Morgan fingerprint density at radius 1 is 1.12 bits per heavy atom. The molecule has 1 aromatic heterocycles. The number of urea groups is 1. The minimum atomic E-state index is -0.249. The van der Waals surface area contributed by atoms with E-state index in [-0.39, 0.29) is 24.5 Å². The second-order valence-electron chi connectivity index (χ2n) is 6.71. The first-order chi connectivity index (χ1) is 12.5. The van der Waals surface area contributed by atoms with Crippen LogP contribution in [0.5, 0.6) is 0 Å². The lowest BCUT2D eigenvalue weighted by molar-refractivity contribution is -0.117. The molecule has 4 rings (SSSR count). The van der Waals surface area contributed by atoms with Gasteiger partial charge in [0.2, 0.25) is 5.91 Å². The number of anilines is 3. The molecule has 7 heteroatoms. The number of para-hydroxylation sites is 1. The van der Waals surface area contributed by atoms with Gasteiger partial charge in [-0.05, 0) is 37.1 Å². The van der Waals surface area contributed by atoms with Crippen molar-refractivity contribution in [2.24, 2.45) is 0 Å². The molecule has 7 nitrogen and oxygen atoms in total. The van der Waals surface area contributed by atoms with Crippen LogP contribution in [-0.2, 0) is 11.2 Å². The Bertz CT molecular complexity index is 884. The third kappa shape index (κ3) is 2.39. The fourth-order valence-electron chi connectivity index (χ4n) is 3.71. The number of benzene rings is 1. The summed E-state index contributed by atoms with van der Waals surface area (Å²) in [5.41, 5.74) is 2.75. The Labute approximate surface area is 152 Å². The van der Waals surface area contributed by atoms with Gasteiger partial charge in [0, 0.05) is 32.0 Å². The van der Waals surface area contributed by atoms with Gasteiger partial charge in [-0.2, -0.15) is 0 Å². The molecule has 1 aromatic carbocycles. The van der Waals surface area contributed by atoms with Gasteiger partial charge in [-0.3, -0.25) is 14.7 Å². The van der Waals surface area contributed by atoms with Gasteiger partial charge in [0.25, 0.3) is 0 Å². The first kappa shape index (κ1) is 16.4. The number of nitrogens with zero attached hydrogens (tertiary/aromatic N) is 5. The number of aromatic nitrogens is 1. The lowest BCUT2D eigenvalue weighted by Crippen LogP contribution is -2.56. The van der Waals surface area contributed by atoms with Crippen LogP contribution in [0.25, 0.3) is 0 Å². The molecule has 0 saturated heterocycles. The van der Waals surface area contributed by atoms with Crippen LogP contribution in [0.1, 0.15) is 12.5 Å². The monoisotopic (exact) mass is 351 g/mol. The van der Waals surface area contributed by atoms with Crippen molar-refractivity contribution >= 4 is 29.1 Å². The lowest BCUT2D eigenvalue weighted by atomic mass is 10.1. The largest absolute Gasteiger partial charge is 0.343 e. The predicted molar refractivity (Wildman–Crippen MR) is 100 cm³/mol. The molecule has 1 unspecified atom stereocenters. The fraction of sp³-hybridized carbons (Fsp3) is 0.316. The third-order valence-corrected chi connectivity index (χ3v) is 5.09. The van der Waals surface area contributed by atoms with E-state index in [1.807, 2.05) is 37.3 Å². The maximum absolute atomic E-state index is 13.1. The molecule has 3 amide bonds. The number of hydrogen-bond donors (Lipinski definition) is 0. The molecule has 26 heavy (non-hydrogen) atoms. The highest BCUT2D eigenvalue weighted by Gasteiger charge is 2.37. The molecule has 0 aliphatic carbocycles. The average Bonchev–Trinajstić information content (AvgIpc) is 2.99. The number of carbonyl (C=O) groups excluding carboxylic acids is 2. The number of amides is 3. The van der Waals surface area contributed by atoms with Crippen LogP contribution in [0.15, 0.2) is 42.6 Å². The normalized spacial score (nSPS) is 18.9. The highest BCUT2D eigenvalue weighted by atomic mass is 16.2. The zero-order valence-corrected chi connectivity index (χ0v) is 15.1. The molecule has 2 aliphatic rings. The number of pyridine rings is 1. The number of fused-ring (bicyclic) bond motifs is 2. The number of hydrazine groups is 1. The van der Waals surface area contributed by atoms with Crippen molar-refractivity contribution in [3.63, 3.8) is 0 Å². The summed E-state index contributed by atoms with van der Waals surface area (Å²) in [4.78, 5) is 33.6. The predicted octanol–water partition coefficient (Wildman–Crippen LogP) is 2.28. The molecule has 3 heterocycles. The summed E-state index contributed by atoms with van der Waals surface area (Å²) in [5, 5.41) is 3.15. The van der Waals surface area contributed by atoms with Crippen molar-refractivity contribution in [2.45, 2.75) is 19.4 Å². The van der Waals surface area contributed by atoms with Gasteiger partial charge in [-0.1, -0.05) is 18.2 Å². The molecule has 2 aromatic rings. The molecule has 1 atom stereocenters. The molecule has 0 saturated carbocycles. The standard InChI is InChI=1S/C19H21N5O2/c1-13-11-14-7-4-5-8-15(14)24(13)17(25)12-23-16-9-6-10-20-18(16)21(2)22(3)19(23)26/h4-10,13H,11-12H2,1-3H3. The van der Waals surface area contributed by atoms with Gasteiger partial charge < -0.3 is 4.90 Å². The van der Waals surface area contributed by atoms with E-state index in [1.54, 1.807) is 36.3 Å². The minimum absolute atomic E-state index is 0.0195. The number of hydrogen-bond acceptors (Lipinski definition) is 4. The van der Waals surface area contributed by atoms with Gasteiger partial charge in [0.1, 0.15) is 6.54 Å². The zero-order valence-electron chi connectivity index (χ0n) is 15.1. The molecular formula is C19H21N5O2. The topological polar surface area (TPSA) is 60.0 Å². The van der Waals surface area contributed by atoms with Crippen LogP contribution in [0.2, 0.25) is 0 Å². The molecule has 134 valence electrons. The quantitative estimate of drug-likeness (QED) is 0.833. The second kappa shape index (κ2) is 6.01. The summed E-state index contributed by atoms with van der Waals surface area (Å²) in [6.45, 7) is 2.01. The number of carbonyl (C=O) groups is 2. The molecule has 0 fully saturated rings. The summed E-state index contributed by atoms with van der Waals surface area (Å²) < 4.78 is 0. The van der Waals surface area contributed by atoms with E-state index in [0.29, 0.717) is 11.5 Å². The maximum atomic E-state index is 13.1. The van der Waals surface area contributed by atoms with Crippen LogP contribution in [0, 0.1) is 0 Å². The van der Waals surface area contributed by atoms with E-state index >= 15 is 0 Å². The highest BCUT2D eigenvalue weighted by molar-refractivity contribution is 6.07. The third-order valence-electron chi connectivity index (χ3n) is 5.09. The Hall–Kier alpha value is -3.09. The van der Waals surface area contributed by atoms with Crippen molar-refractivity contribution in [3.8, 4) is 0 Å². The Morgan fingerprint density at radius 2 is 1.85 bits per heavy atom. The SMILES string of the molecule is CC1Cc2ccccc2N1C(=O)CN1C(=O)N(C)N(C)c2ncccc21.